The molecule has 0 aliphatic rings. The molecule has 0 radical (unpaired) electrons. The summed E-state index contributed by atoms with van der Waals surface area (Å²) in [5, 5.41) is 0. The third-order valence-electron chi connectivity index (χ3n) is 3.09. The van der Waals surface area contributed by atoms with Crippen LogP contribution in [-0.4, -0.2) is 0 Å². The molecule has 0 aliphatic heterocycles. The summed E-state index contributed by atoms with van der Waals surface area (Å²) in [4.78, 5) is 0.453. The van der Waals surface area contributed by atoms with Crippen LogP contribution in [0.1, 0.15) is 61.9 Å². The SMILES string of the molecule is CCCCCCCc1ccc(C(C)Br)cc1I. The largest absolute Gasteiger partial charge is 0.0842 e. The van der Waals surface area contributed by atoms with Gasteiger partial charge in [-0.05, 0) is 59.5 Å². The lowest BCUT2D eigenvalue weighted by atomic mass is 10.0. The van der Waals surface area contributed by atoms with Crippen LogP contribution in [0.5, 0.6) is 0 Å². The maximum atomic E-state index is 3.62. The van der Waals surface area contributed by atoms with Crippen molar-refractivity contribution in [3.8, 4) is 0 Å². The van der Waals surface area contributed by atoms with Crippen LogP contribution in [0.2, 0.25) is 0 Å². The first-order valence-electron chi connectivity index (χ1n) is 6.57. The number of benzene rings is 1. The number of halogens is 2. The van der Waals surface area contributed by atoms with Gasteiger partial charge in [-0.2, -0.15) is 0 Å². The summed E-state index contributed by atoms with van der Waals surface area (Å²) in [6.45, 7) is 4.44. The van der Waals surface area contributed by atoms with E-state index in [9.17, 15) is 0 Å². The fourth-order valence-electron chi connectivity index (χ4n) is 1.93. The fourth-order valence-corrected chi connectivity index (χ4v) is 3.03. The molecule has 2 heteroatoms. The standard InChI is InChI=1S/C15H22BrI/c1-3-4-5-6-7-8-13-9-10-14(12(2)16)11-15(13)17/h9-12H,3-8H2,1-2H3. The lowest BCUT2D eigenvalue weighted by Gasteiger charge is -2.09. The van der Waals surface area contributed by atoms with Gasteiger partial charge in [0, 0.05) is 8.40 Å². The molecule has 0 fully saturated rings. The molecule has 0 heterocycles. The third kappa shape index (κ3) is 5.73. The molecular formula is C15H22BrI. The van der Waals surface area contributed by atoms with E-state index in [4.69, 9.17) is 0 Å². The van der Waals surface area contributed by atoms with Gasteiger partial charge >= 0.3 is 0 Å². The topological polar surface area (TPSA) is 0 Å². The molecule has 0 saturated heterocycles. The molecule has 1 aromatic rings. The van der Waals surface area contributed by atoms with E-state index < -0.39 is 0 Å². The fraction of sp³-hybridized carbons (Fsp3) is 0.600. The predicted octanol–water partition coefficient (Wildman–Crippen LogP) is 6.26. The van der Waals surface area contributed by atoms with Gasteiger partial charge in [-0.1, -0.05) is 60.7 Å². The second-order valence-corrected chi connectivity index (χ2v) is 7.17. The molecule has 1 unspecified atom stereocenters. The number of alkyl halides is 1. The molecular weight excluding hydrogens is 387 g/mol. The van der Waals surface area contributed by atoms with Crippen molar-refractivity contribution in [3.05, 3.63) is 32.9 Å². The van der Waals surface area contributed by atoms with E-state index in [2.05, 4.69) is 70.6 Å². The summed E-state index contributed by atoms with van der Waals surface area (Å²) in [5.74, 6) is 0. The molecule has 96 valence electrons. The van der Waals surface area contributed by atoms with Gasteiger partial charge in [-0.25, -0.2) is 0 Å². The van der Waals surface area contributed by atoms with E-state index in [1.807, 2.05) is 0 Å². The summed E-state index contributed by atoms with van der Waals surface area (Å²) in [6.07, 6.45) is 8.05. The average Bonchev–Trinajstić information content (AvgIpc) is 2.30. The number of rotatable bonds is 7. The Balaban J connectivity index is 2.43. The minimum atomic E-state index is 0.453. The molecule has 1 aromatic carbocycles. The Bertz CT molecular complexity index is 334. The van der Waals surface area contributed by atoms with Crippen LogP contribution in [0.3, 0.4) is 0 Å². The molecule has 0 spiro atoms. The van der Waals surface area contributed by atoms with E-state index in [-0.39, 0.29) is 0 Å². The number of hydrogen-bond acceptors (Lipinski definition) is 0. The Hall–Kier alpha value is 0.430. The van der Waals surface area contributed by atoms with Crippen LogP contribution in [0.25, 0.3) is 0 Å². The first-order chi connectivity index (χ1) is 8.15. The highest BCUT2D eigenvalue weighted by atomic mass is 127. The predicted molar refractivity (Wildman–Crippen MR) is 89.0 cm³/mol. The number of unbranched alkanes of at least 4 members (excludes halogenated alkanes) is 4. The van der Waals surface area contributed by atoms with Gasteiger partial charge in [-0.15, -0.1) is 0 Å². The number of aryl methyl sites for hydroxylation is 1. The van der Waals surface area contributed by atoms with Crippen molar-refractivity contribution >= 4 is 38.5 Å². The van der Waals surface area contributed by atoms with Gasteiger partial charge in [0.05, 0.1) is 0 Å². The van der Waals surface area contributed by atoms with Crippen LogP contribution >= 0.6 is 38.5 Å². The zero-order valence-corrected chi connectivity index (χ0v) is 14.6. The Morgan fingerprint density at radius 3 is 2.47 bits per heavy atom. The van der Waals surface area contributed by atoms with E-state index in [0.717, 1.165) is 0 Å². The average molecular weight is 409 g/mol. The van der Waals surface area contributed by atoms with Crippen molar-refractivity contribution in [1.29, 1.82) is 0 Å². The van der Waals surface area contributed by atoms with Gasteiger partial charge in [0.1, 0.15) is 0 Å². The molecule has 0 N–H and O–H groups in total. The first kappa shape index (κ1) is 15.5. The Morgan fingerprint density at radius 2 is 1.88 bits per heavy atom. The zero-order valence-electron chi connectivity index (χ0n) is 10.8. The van der Waals surface area contributed by atoms with Crippen LogP contribution in [-0.2, 0) is 6.42 Å². The third-order valence-corrected chi connectivity index (χ3v) is 4.62. The van der Waals surface area contributed by atoms with E-state index >= 15 is 0 Å². The molecule has 0 bridgehead atoms. The second-order valence-electron chi connectivity index (χ2n) is 4.63. The molecule has 0 amide bonds. The highest BCUT2D eigenvalue weighted by molar-refractivity contribution is 14.1. The van der Waals surface area contributed by atoms with Gasteiger partial charge in [0.25, 0.3) is 0 Å². The summed E-state index contributed by atoms with van der Waals surface area (Å²) in [7, 11) is 0. The van der Waals surface area contributed by atoms with Gasteiger partial charge in [0.2, 0.25) is 0 Å². The van der Waals surface area contributed by atoms with Crippen molar-refractivity contribution in [2.24, 2.45) is 0 Å². The number of hydrogen-bond donors (Lipinski definition) is 0. The summed E-state index contributed by atoms with van der Waals surface area (Å²) < 4.78 is 1.42. The molecule has 1 atom stereocenters. The molecule has 1 rings (SSSR count). The molecule has 0 aromatic heterocycles. The lowest BCUT2D eigenvalue weighted by molar-refractivity contribution is 0.631. The van der Waals surface area contributed by atoms with E-state index in [1.54, 1.807) is 0 Å². The van der Waals surface area contributed by atoms with E-state index in [1.165, 1.54) is 53.2 Å². The van der Waals surface area contributed by atoms with Gasteiger partial charge in [0.15, 0.2) is 0 Å². The molecule has 0 nitrogen and oxygen atoms in total. The summed E-state index contributed by atoms with van der Waals surface area (Å²) >= 11 is 6.09. The van der Waals surface area contributed by atoms with Crippen molar-refractivity contribution in [2.45, 2.75) is 57.2 Å². The normalized spacial score (nSPS) is 12.7. The Labute approximate surface area is 128 Å². The quantitative estimate of drug-likeness (QED) is 0.283. The van der Waals surface area contributed by atoms with Crippen molar-refractivity contribution in [1.82, 2.24) is 0 Å². The van der Waals surface area contributed by atoms with Crippen molar-refractivity contribution in [3.63, 3.8) is 0 Å². The molecule has 17 heavy (non-hydrogen) atoms. The van der Waals surface area contributed by atoms with Crippen LogP contribution < -0.4 is 0 Å². The van der Waals surface area contributed by atoms with Gasteiger partial charge < -0.3 is 0 Å². The smallest absolute Gasteiger partial charge is 0.0367 e. The minimum Gasteiger partial charge on any atom is -0.0842 e. The zero-order chi connectivity index (χ0) is 12.7. The van der Waals surface area contributed by atoms with E-state index in [0.29, 0.717) is 4.83 Å². The van der Waals surface area contributed by atoms with Crippen LogP contribution in [0.15, 0.2) is 18.2 Å². The van der Waals surface area contributed by atoms with Crippen LogP contribution in [0.4, 0.5) is 0 Å². The Morgan fingerprint density at radius 1 is 1.18 bits per heavy atom. The lowest BCUT2D eigenvalue weighted by Crippen LogP contribution is -1.93. The first-order valence-corrected chi connectivity index (χ1v) is 8.57. The summed E-state index contributed by atoms with van der Waals surface area (Å²) in [5.41, 5.74) is 2.89. The van der Waals surface area contributed by atoms with Crippen LogP contribution in [0, 0.1) is 3.57 Å². The maximum Gasteiger partial charge on any atom is 0.0367 e. The highest BCUT2D eigenvalue weighted by Gasteiger charge is 2.05. The second kappa shape index (κ2) is 8.52. The minimum absolute atomic E-state index is 0.453. The van der Waals surface area contributed by atoms with Gasteiger partial charge in [-0.3, -0.25) is 0 Å². The maximum absolute atomic E-state index is 3.62. The monoisotopic (exact) mass is 408 g/mol. The highest BCUT2D eigenvalue weighted by Crippen LogP contribution is 2.25. The van der Waals surface area contributed by atoms with Crippen molar-refractivity contribution < 1.29 is 0 Å². The Kier molecular flexibility index (Phi) is 7.76. The van der Waals surface area contributed by atoms with Crippen molar-refractivity contribution in [2.75, 3.05) is 0 Å². The summed E-state index contributed by atoms with van der Waals surface area (Å²) in [6, 6.07) is 6.86. The molecule has 0 saturated carbocycles. The molecule has 0 aliphatic carbocycles.